The number of benzene rings is 1. The van der Waals surface area contributed by atoms with Gasteiger partial charge in [-0.3, -0.25) is 4.79 Å². The van der Waals surface area contributed by atoms with E-state index in [0.717, 1.165) is 13.2 Å². The lowest BCUT2D eigenvalue weighted by molar-refractivity contribution is -0.137. The van der Waals surface area contributed by atoms with Gasteiger partial charge in [-0.05, 0) is 12.1 Å². The zero-order valence-corrected chi connectivity index (χ0v) is 9.04. The Morgan fingerprint density at radius 3 is 2.44 bits per heavy atom. The molecule has 18 heavy (non-hydrogen) atoms. The number of methoxy groups -OCH3 is 1. The van der Waals surface area contributed by atoms with Crippen LogP contribution in [0.2, 0.25) is 0 Å². The SMILES string of the molecule is COC(=O)c1ccc(C(F)(F)F)c(C#N)c1C=O. The van der Waals surface area contributed by atoms with E-state index in [4.69, 9.17) is 5.26 Å². The van der Waals surface area contributed by atoms with Crippen molar-refractivity contribution in [3.63, 3.8) is 0 Å². The van der Waals surface area contributed by atoms with Crippen LogP contribution in [-0.2, 0) is 10.9 Å². The number of hydrogen-bond acceptors (Lipinski definition) is 4. The first-order valence-corrected chi connectivity index (χ1v) is 4.54. The van der Waals surface area contributed by atoms with Gasteiger partial charge in [0.05, 0.1) is 23.8 Å². The first-order chi connectivity index (χ1) is 8.36. The number of aldehydes is 1. The number of nitriles is 1. The molecule has 0 saturated carbocycles. The maximum atomic E-state index is 12.6. The number of carbonyl (C=O) groups excluding carboxylic acids is 2. The maximum absolute atomic E-state index is 12.6. The van der Waals surface area contributed by atoms with Crippen LogP contribution in [-0.4, -0.2) is 19.4 Å². The Morgan fingerprint density at radius 2 is 2.06 bits per heavy atom. The lowest BCUT2D eigenvalue weighted by Crippen LogP contribution is -2.14. The van der Waals surface area contributed by atoms with Gasteiger partial charge in [0.25, 0.3) is 0 Å². The predicted octanol–water partition coefficient (Wildman–Crippen LogP) is 2.18. The Kier molecular flexibility index (Phi) is 3.71. The molecule has 4 nitrogen and oxygen atoms in total. The van der Waals surface area contributed by atoms with Crippen molar-refractivity contribution in [3.05, 3.63) is 34.4 Å². The van der Waals surface area contributed by atoms with E-state index in [1.807, 2.05) is 0 Å². The van der Waals surface area contributed by atoms with Gasteiger partial charge in [0.1, 0.15) is 6.07 Å². The Hall–Kier alpha value is -2.36. The van der Waals surface area contributed by atoms with Crippen molar-refractivity contribution in [2.24, 2.45) is 0 Å². The summed E-state index contributed by atoms with van der Waals surface area (Å²) >= 11 is 0. The Labute approximate surface area is 99.6 Å². The lowest BCUT2D eigenvalue weighted by Gasteiger charge is -2.12. The normalized spacial score (nSPS) is 10.6. The van der Waals surface area contributed by atoms with E-state index in [9.17, 15) is 22.8 Å². The van der Waals surface area contributed by atoms with Crippen LogP contribution in [0.4, 0.5) is 13.2 Å². The molecule has 0 atom stereocenters. The topological polar surface area (TPSA) is 67.2 Å². The molecule has 0 radical (unpaired) electrons. The highest BCUT2D eigenvalue weighted by atomic mass is 19.4. The largest absolute Gasteiger partial charge is 0.465 e. The molecule has 0 unspecified atom stereocenters. The van der Waals surface area contributed by atoms with Gasteiger partial charge < -0.3 is 4.74 Å². The number of rotatable bonds is 2. The van der Waals surface area contributed by atoms with Crippen molar-refractivity contribution < 1.29 is 27.5 Å². The van der Waals surface area contributed by atoms with Crippen molar-refractivity contribution >= 4 is 12.3 Å². The second kappa shape index (κ2) is 4.87. The van der Waals surface area contributed by atoms with E-state index < -0.39 is 28.8 Å². The zero-order chi connectivity index (χ0) is 13.9. The van der Waals surface area contributed by atoms with Crippen molar-refractivity contribution in [1.82, 2.24) is 0 Å². The highest BCUT2D eigenvalue weighted by Gasteiger charge is 2.35. The van der Waals surface area contributed by atoms with Gasteiger partial charge in [-0.15, -0.1) is 0 Å². The second-order valence-electron chi connectivity index (χ2n) is 3.17. The second-order valence-corrected chi connectivity index (χ2v) is 3.17. The van der Waals surface area contributed by atoms with Crippen LogP contribution in [0.15, 0.2) is 12.1 Å². The van der Waals surface area contributed by atoms with E-state index in [-0.39, 0.29) is 11.8 Å². The number of alkyl halides is 3. The highest BCUT2D eigenvalue weighted by Crippen LogP contribution is 2.33. The summed E-state index contributed by atoms with van der Waals surface area (Å²) in [5, 5.41) is 8.71. The number of carbonyl (C=O) groups is 2. The Bertz CT molecular complexity index is 544. The summed E-state index contributed by atoms with van der Waals surface area (Å²) in [5.41, 5.74) is -3.16. The molecule has 1 aromatic rings. The minimum Gasteiger partial charge on any atom is -0.465 e. The van der Waals surface area contributed by atoms with Crippen molar-refractivity contribution in [2.75, 3.05) is 7.11 Å². The van der Waals surface area contributed by atoms with E-state index in [0.29, 0.717) is 6.07 Å². The first-order valence-electron chi connectivity index (χ1n) is 4.54. The van der Waals surface area contributed by atoms with Crippen LogP contribution in [0.5, 0.6) is 0 Å². The summed E-state index contributed by atoms with van der Waals surface area (Å²) in [6.45, 7) is 0. The van der Waals surface area contributed by atoms with Crippen LogP contribution in [0.25, 0.3) is 0 Å². The van der Waals surface area contributed by atoms with Gasteiger partial charge in [-0.25, -0.2) is 4.79 Å². The fourth-order valence-electron chi connectivity index (χ4n) is 1.39. The summed E-state index contributed by atoms with van der Waals surface area (Å²) in [4.78, 5) is 22.0. The fraction of sp³-hybridized carbons (Fsp3) is 0.182. The molecule has 7 heteroatoms. The van der Waals surface area contributed by atoms with Crippen molar-refractivity contribution in [2.45, 2.75) is 6.18 Å². The van der Waals surface area contributed by atoms with Gasteiger partial charge in [0.2, 0.25) is 0 Å². The molecule has 1 aromatic carbocycles. The number of ether oxygens (including phenoxy) is 1. The van der Waals surface area contributed by atoms with Crippen molar-refractivity contribution in [3.8, 4) is 6.07 Å². The molecule has 0 spiro atoms. The Balaban J connectivity index is 3.63. The number of esters is 1. The third-order valence-electron chi connectivity index (χ3n) is 2.19. The summed E-state index contributed by atoms with van der Waals surface area (Å²) < 4.78 is 42.1. The maximum Gasteiger partial charge on any atom is 0.417 e. The molecule has 0 N–H and O–H groups in total. The summed E-state index contributed by atoms with van der Waals surface area (Å²) in [6, 6.07) is 2.65. The quantitative estimate of drug-likeness (QED) is 0.601. The smallest absolute Gasteiger partial charge is 0.417 e. The third-order valence-corrected chi connectivity index (χ3v) is 2.19. The molecule has 0 bridgehead atoms. The number of nitrogens with zero attached hydrogens (tertiary/aromatic N) is 1. The van der Waals surface area contributed by atoms with E-state index in [1.165, 1.54) is 6.07 Å². The molecule has 0 heterocycles. The number of hydrogen-bond donors (Lipinski definition) is 0. The summed E-state index contributed by atoms with van der Waals surface area (Å²) in [5.74, 6) is -0.984. The predicted molar refractivity (Wildman–Crippen MR) is 52.9 cm³/mol. The molecule has 0 aliphatic heterocycles. The molecule has 1 rings (SSSR count). The Morgan fingerprint density at radius 1 is 1.44 bits per heavy atom. The van der Waals surface area contributed by atoms with Crippen LogP contribution < -0.4 is 0 Å². The van der Waals surface area contributed by atoms with Gasteiger partial charge in [0.15, 0.2) is 6.29 Å². The third kappa shape index (κ3) is 2.32. The molecule has 0 aliphatic rings. The van der Waals surface area contributed by atoms with Crippen LogP contribution in [0.1, 0.15) is 31.8 Å². The first kappa shape index (κ1) is 13.7. The minimum absolute atomic E-state index is 0.0278. The van der Waals surface area contributed by atoms with E-state index in [2.05, 4.69) is 4.74 Å². The molecule has 0 amide bonds. The molecule has 94 valence electrons. The summed E-state index contributed by atoms with van der Waals surface area (Å²) in [6.07, 6.45) is -4.75. The average Bonchev–Trinajstić information content (AvgIpc) is 2.34. The summed E-state index contributed by atoms with van der Waals surface area (Å²) in [7, 11) is 1.01. The monoisotopic (exact) mass is 257 g/mol. The van der Waals surface area contributed by atoms with Gasteiger partial charge in [0, 0.05) is 5.56 Å². The molecule has 0 aliphatic carbocycles. The molecule has 0 aromatic heterocycles. The molecular weight excluding hydrogens is 251 g/mol. The van der Waals surface area contributed by atoms with Crippen LogP contribution >= 0.6 is 0 Å². The lowest BCUT2D eigenvalue weighted by atomic mass is 9.97. The van der Waals surface area contributed by atoms with Gasteiger partial charge in [-0.1, -0.05) is 0 Å². The van der Waals surface area contributed by atoms with E-state index >= 15 is 0 Å². The molecule has 0 fully saturated rings. The van der Waals surface area contributed by atoms with Crippen LogP contribution in [0, 0.1) is 11.3 Å². The minimum atomic E-state index is -4.78. The van der Waals surface area contributed by atoms with Crippen molar-refractivity contribution in [1.29, 1.82) is 5.26 Å². The van der Waals surface area contributed by atoms with Crippen LogP contribution in [0.3, 0.4) is 0 Å². The molecule has 0 saturated heterocycles. The number of halogens is 3. The van der Waals surface area contributed by atoms with Gasteiger partial charge >= 0.3 is 12.1 Å². The zero-order valence-electron chi connectivity index (χ0n) is 9.04. The standard InChI is InChI=1S/C11H6F3NO3/c1-18-10(17)6-2-3-9(11(12,13)14)7(4-15)8(6)5-16/h2-3,5H,1H3. The molecular formula is C11H6F3NO3. The average molecular weight is 257 g/mol. The highest BCUT2D eigenvalue weighted by molar-refractivity contribution is 6.00. The van der Waals surface area contributed by atoms with Gasteiger partial charge in [-0.2, -0.15) is 18.4 Å². The van der Waals surface area contributed by atoms with E-state index in [1.54, 1.807) is 0 Å². The fourth-order valence-corrected chi connectivity index (χ4v) is 1.39.